The van der Waals surface area contributed by atoms with Gasteiger partial charge in [-0.1, -0.05) is 39.3 Å². The van der Waals surface area contributed by atoms with Crippen LogP contribution in [0.15, 0.2) is 18.6 Å². The second-order valence-corrected chi connectivity index (χ2v) is 7.74. The second kappa shape index (κ2) is 8.81. The van der Waals surface area contributed by atoms with E-state index in [0.29, 0.717) is 23.9 Å². The minimum atomic E-state index is -4.52. The number of nitrogens with two attached hydrogens (primary N) is 1. The number of nitrogens with zero attached hydrogens (tertiary/aromatic N) is 4. The Balaban J connectivity index is 2.34. The molecule has 154 valence electrons. The summed E-state index contributed by atoms with van der Waals surface area (Å²) in [4.78, 5) is 14.2. The third-order valence-corrected chi connectivity index (χ3v) is 4.03. The summed E-state index contributed by atoms with van der Waals surface area (Å²) in [5, 5.41) is 2.62. The van der Waals surface area contributed by atoms with Crippen LogP contribution in [0.5, 0.6) is 0 Å². The van der Waals surface area contributed by atoms with Gasteiger partial charge in [-0.15, -0.1) is 0 Å². The van der Waals surface area contributed by atoms with Gasteiger partial charge in [0.2, 0.25) is 0 Å². The van der Waals surface area contributed by atoms with Crippen molar-refractivity contribution in [3.8, 4) is 0 Å². The summed E-state index contributed by atoms with van der Waals surface area (Å²) in [5.74, 6) is 1.59. The van der Waals surface area contributed by atoms with Gasteiger partial charge in [0.05, 0.1) is 10.6 Å². The summed E-state index contributed by atoms with van der Waals surface area (Å²) in [6.07, 6.45) is -2.47. The van der Waals surface area contributed by atoms with E-state index < -0.39 is 11.7 Å². The lowest BCUT2D eigenvalue weighted by atomic mass is 10.1. The summed E-state index contributed by atoms with van der Waals surface area (Å²) in [6, 6.07) is 0.805. The molecule has 0 aromatic carbocycles. The van der Waals surface area contributed by atoms with Gasteiger partial charge < -0.3 is 16.0 Å². The number of pyridine rings is 1. The van der Waals surface area contributed by atoms with Gasteiger partial charge in [-0.3, -0.25) is 0 Å². The fraction of sp³-hybridized carbons (Fsp3) is 0.500. The highest BCUT2D eigenvalue weighted by Crippen LogP contribution is 2.35. The van der Waals surface area contributed by atoms with Gasteiger partial charge in [0.1, 0.15) is 17.8 Å². The normalized spacial score (nSPS) is 11.9. The number of anilines is 4. The molecule has 2 rings (SSSR count). The summed E-state index contributed by atoms with van der Waals surface area (Å²) in [6.45, 7) is 9.87. The van der Waals surface area contributed by atoms with E-state index in [0.717, 1.165) is 19.2 Å². The molecule has 2 aromatic rings. The van der Waals surface area contributed by atoms with Crippen LogP contribution in [0.2, 0.25) is 5.02 Å². The minimum absolute atomic E-state index is 0.0327. The van der Waals surface area contributed by atoms with Gasteiger partial charge in [0, 0.05) is 19.3 Å². The van der Waals surface area contributed by atoms with Gasteiger partial charge in [-0.25, -0.2) is 15.0 Å². The summed E-state index contributed by atoms with van der Waals surface area (Å²) in [7, 11) is 0. The van der Waals surface area contributed by atoms with Crippen molar-refractivity contribution < 1.29 is 13.2 Å². The average Bonchev–Trinajstić information content (AvgIpc) is 2.56. The SMILES string of the molecule is CC(C)CN(CC(C)C)c1ncnc(Nc2ncc(C(F)(F)F)cc2Cl)c1N. The number of rotatable bonds is 7. The predicted molar refractivity (Wildman–Crippen MR) is 106 cm³/mol. The van der Waals surface area contributed by atoms with Gasteiger partial charge in [-0.05, 0) is 17.9 Å². The number of nitrogen functional groups attached to an aromatic ring is 1. The van der Waals surface area contributed by atoms with Gasteiger partial charge in [0.25, 0.3) is 0 Å². The Hall–Kier alpha value is -2.29. The molecule has 0 unspecified atom stereocenters. The molecule has 0 radical (unpaired) electrons. The van der Waals surface area contributed by atoms with E-state index in [1.54, 1.807) is 0 Å². The zero-order chi connectivity index (χ0) is 21.1. The Kier molecular flexibility index (Phi) is 6.92. The Morgan fingerprint density at radius 1 is 1.07 bits per heavy atom. The van der Waals surface area contributed by atoms with Crippen molar-refractivity contribution in [3.05, 3.63) is 29.2 Å². The lowest BCUT2D eigenvalue weighted by Crippen LogP contribution is -2.32. The lowest BCUT2D eigenvalue weighted by Gasteiger charge is -2.28. The molecule has 0 saturated heterocycles. The van der Waals surface area contributed by atoms with Gasteiger partial charge >= 0.3 is 6.18 Å². The maximum Gasteiger partial charge on any atom is 0.417 e. The maximum atomic E-state index is 12.8. The highest BCUT2D eigenvalue weighted by Gasteiger charge is 2.31. The molecule has 0 saturated carbocycles. The van der Waals surface area contributed by atoms with Gasteiger partial charge in [-0.2, -0.15) is 13.2 Å². The third kappa shape index (κ3) is 5.60. The topological polar surface area (TPSA) is 80.0 Å². The molecular weight excluding hydrogens is 393 g/mol. The maximum absolute atomic E-state index is 12.8. The Bertz CT molecular complexity index is 800. The van der Waals surface area contributed by atoms with Crippen LogP contribution in [0.1, 0.15) is 33.3 Å². The van der Waals surface area contributed by atoms with Crippen LogP contribution < -0.4 is 16.0 Å². The molecule has 10 heteroatoms. The van der Waals surface area contributed by atoms with Crippen LogP contribution in [0.4, 0.5) is 36.3 Å². The lowest BCUT2D eigenvalue weighted by molar-refractivity contribution is -0.137. The summed E-state index contributed by atoms with van der Waals surface area (Å²) < 4.78 is 38.3. The standard InChI is InChI=1S/C18H24ClF3N6/c1-10(2)7-28(8-11(3)4)17-14(23)16(25-9-26-17)27-15-13(19)5-12(6-24-15)18(20,21)22/h5-6,9-11H,7-8,23H2,1-4H3,(H,24,25,26,27). The number of nitrogens with one attached hydrogen (secondary N) is 1. The van der Waals surface area contributed by atoms with Crippen molar-refractivity contribution in [3.63, 3.8) is 0 Å². The molecule has 0 aliphatic heterocycles. The molecule has 6 nitrogen and oxygen atoms in total. The third-order valence-electron chi connectivity index (χ3n) is 3.74. The molecule has 0 spiro atoms. The largest absolute Gasteiger partial charge is 0.417 e. The van der Waals surface area contributed by atoms with E-state index in [1.807, 2.05) is 0 Å². The highest BCUT2D eigenvalue weighted by molar-refractivity contribution is 6.33. The molecule has 0 fully saturated rings. The van der Waals surface area contributed by atoms with Crippen molar-refractivity contribution >= 4 is 34.7 Å². The molecule has 0 aliphatic carbocycles. The molecule has 3 N–H and O–H groups in total. The van der Waals surface area contributed by atoms with E-state index in [2.05, 4.69) is 52.9 Å². The van der Waals surface area contributed by atoms with Crippen LogP contribution in [-0.4, -0.2) is 28.0 Å². The number of alkyl halides is 3. The van der Waals surface area contributed by atoms with Crippen molar-refractivity contribution in [1.82, 2.24) is 15.0 Å². The second-order valence-electron chi connectivity index (χ2n) is 7.33. The summed E-state index contributed by atoms with van der Waals surface area (Å²) >= 11 is 5.96. The fourth-order valence-corrected chi connectivity index (χ4v) is 2.88. The zero-order valence-electron chi connectivity index (χ0n) is 16.2. The molecule has 0 atom stereocenters. The van der Waals surface area contributed by atoms with Gasteiger partial charge in [0.15, 0.2) is 11.6 Å². The first-order chi connectivity index (χ1) is 13.0. The Morgan fingerprint density at radius 2 is 1.68 bits per heavy atom. The van der Waals surface area contributed by atoms with Crippen LogP contribution in [-0.2, 0) is 6.18 Å². The van der Waals surface area contributed by atoms with Crippen LogP contribution in [0, 0.1) is 11.8 Å². The quantitative estimate of drug-likeness (QED) is 0.662. The monoisotopic (exact) mass is 416 g/mol. The fourth-order valence-electron chi connectivity index (χ4n) is 2.66. The number of hydrogen-bond acceptors (Lipinski definition) is 6. The number of hydrogen-bond donors (Lipinski definition) is 2. The first kappa shape index (κ1) is 22.0. The van der Waals surface area contributed by atoms with E-state index in [1.165, 1.54) is 6.33 Å². The number of halogens is 4. The molecule has 2 heterocycles. The minimum Gasteiger partial charge on any atom is -0.393 e. The first-order valence-electron chi connectivity index (χ1n) is 8.84. The Morgan fingerprint density at radius 3 is 2.18 bits per heavy atom. The smallest absolute Gasteiger partial charge is 0.393 e. The molecule has 0 amide bonds. The van der Waals surface area contributed by atoms with Crippen LogP contribution >= 0.6 is 11.6 Å². The molecule has 0 bridgehead atoms. The molecule has 28 heavy (non-hydrogen) atoms. The molecule has 0 aliphatic rings. The van der Waals surface area contributed by atoms with E-state index in [-0.39, 0.29) is 22.3 Å². The van der Waals surface area contributed by atoms with E-state index >= 15 is 0 Å². The summed E-state index contributed by atoms with van der Waals surface area (Å²) in [5.41, 5.74) is 5.60. The van der Waals surface area contributed by atoms with Crippen molar-refractivity contribution in [1.29, 1.82) is 0 Å². The predicted octanol–water partition coefficient (Wildman–Crippen LogP) is 4.99. The average molecular weight is 417 g/mol. The van der Waals surface area contributed by atoms with E-state index in [9.17, 15) is 13.2 Å². The highest BCUT2D eigenvalue weighted by atomic mass is 35.5. The van der Waals surface area contributed by atoms with Crippen molar-refractivity contribution in [2.45, 2.75) is 33.9 Å². The van der Waals surface area contributed by atoms with Crippen molar-refractivity contribution in [2.24, 2.45) is 11.8 Å². The van der Waals surface area contributed by atoms with Crippen molar-refractivity contribution in [2.75, 3.05) is 29.0 Å². The molecule has 2 aromatic heterocycles. The number of aromatic nitrogens is 3. The van der Waals surface area contributed by atoms with Crippen LogP contribution in [0.25, 0.3) is 0 Å². The zero-order valence-corrected chi connectivity index (χ0v) is 16.9. The first-order valence-corrected chi connectivity index (χ1v) is 9.22. The molecular formula is C18H24ClF3N6. The van der Waals surface area contributed by atoms with E-state index in [4.69, 9.17) is 17.3 Å². The van der Waals surface area contributed by atoms with Crippen LogP contribution in [0.3, 0.4) is 0 Å². The Labute approximate surface area is 167 Å².